The molecule has 0 saturated heterocycles. The Bertz CT molecular complexity index is 917. The van der Waals surface area contributed by atoms with Crippen LogP contribution in [0.15, 0.2) is 59.7 Å². The van der Waals surface area contributed by atoms with Gasteiger partial charge >= 0.3 is 5.97 Å². The zero-order valence-electron chi connectivity index (χ0n) is 15.2. The summed E-state index contributed by atoms with van der Waals surface area (Å²) in [6.07, 6.45) is 5.39. The third kappa shape index (κ3) is 2.95. The van der Waals surface area contributed by atoms with Crippen molar-refractivity contribution in [1.29, 1.82) is 0 Å². The summed E-state index contributed by atoms with van der Waals surface area (Å²) < 4.78 is 16.8. The average molecular weight is 364 g/mol. The summed E-state index contributed by atoms with van der Waals surface area (Å²) in [5.74, 6) is 1.57. The quantitative estimate of drug-likeness (QED) is 0.854. The van der Waals surface area contributed by atoms with Crippen LogP contribution in [0, 0.1) is 0 Å². The predicted octanol–water partition coefficient (Wildman–Crippen LogP) is 4.67. The lowest BCUT2D eigenvalue weighted by Crippen LogP contribution is -2.18. The highest BCUT2D eigenvalue weighted by atomic mass is 16.5. The number of benzene rings is 2. The number of allylic oxidation sites excluding steroid dienone is 2. The van der Waals surface area contributed by atoms with Crippen LogP contribution < -0.4 is 14.2 Å². The van der Waals surface area contributed by atoms with Crippen LogP contribution in [-0.4, -0.2) is 25.3 Å². The Kier molecular flexibility index (Phi) is 4.36. The number of fused-ring (bicyclic) bond motifs is 2. The van der Waals surface area contributed by atoms with Crippen LogP contribution in [0.25, 0.3) is 0 Å². The van der Waals surface area contributed by atoms with Crippen molar-refractivity contribution in [2.75, 3.05) is 14.2 Å². The molecule has 1 aliphatic heterocycles. The zero-order valence-corrected chi connectivity index (χ0v) is 15.2. The fourth-order valence-electron chi connectivity index (χ4n) is 3.74. The van der Waals surface area contributed by atoms with Crippen molar-refractivity contribution in [1.82, 2.24) is 0 Å². The Morgan fingerprint density at radius 3 is 2.04 bits per heavy atom. The lowest BCUT2D eigenvalue weighted by molar-refractivity contribution is -0.132. The van der Waals surface area contributed by atoms with Crippen molar-refractivity contribution in [3.8, 4) is 23.0 Å². The van der Waals surface area contributed by atoms with Crippen LogP contribution in [-0.2, 0) is 4.79 Å². The van der Waals surface area contributed by atoms with E-state index in [1.54, 1.807) is 20.3 Å². The molecule has 2 aromatic carbocycles. The summed E-state index contributed by atoms with van der Waals surface area (Å²) >= 11 is 0. The topological polar surface area (TPSA) is 65.0 Å². The number of aliphatic carboxylic acids is 1. The zero-order chi connectivity index (χ0) is 19.0. The van der Waals surface area contributed by atoms with Gasteiger partial charge in [-0.15, -0.1) is 0 Å². The van der Waals surface area contributed by atoms with E-state index in [2.05, 4.69) is 0 Å². The Hall–Kier alpha value is -3.21. The van der Waals surface area contributed by atoms with E-state index in [0.717, 1.165) is 29.5 Å². The Morgan fingerprint density at radius 2 is 1.52 bits per heavy atom. The van der Waals surface area contributed by atoms with Crippen molar-refractivity contribution in [2.24, 2.45) is 0 Å². The molecule has 2 aliphatic rings. The normalized spacial score (nSPS) is 15.6. The van der Waals surface area contributed by atoms with Gasteiger partial charge in [-0.25, -0.2) is 4.79 Å². The fraction of sp³-hybridized carbons (Fsp3) is 0.227. The van der Waals surface area contributed by atoms with Gasteiger partial charge in [0.05, 0.1) is 19.8 Å². The molecule has 0 atom stereocenters. The van der Waals surface area contributed by atoms with E-state index >= 15 is 0 Å². The second kappa shape index (κ2) is 6.83. The van der Waals surface area contributed by atoms with Crippen LogP contribution in [0.1, 0.15) is 29.9 Å². The summed E-state index contributed by atoms with van der Waals surface area (Å²) in [6.45, 7) is 0. The van der Waals surface area contributed by atoms with E-state index in [9.17, 15) is 9.90 Å². The molecule has 5 nitrogen and oxygen atoms in total. The van der Waals surface area contributed by atoms with E-state index in [0.29, 0.717) is 28.6 Å². The number of hydrogen-bond acceptors (Lipinski definition) is 4. The van der Waals surface area contributed by atoms with Gasteiger partial charge in [0.15, 0.2) is 0 Å². The number of carbonyl (C=O) groups is 1. The molecule has 0 spiro atoms. The summed E-state index contributed by atoms with van der Waals surface area (Å²) in [6, 6.07) is 11.3. The van der Waals surface area contributed by atoms with Gasteiger partial charge in [-0.1, -0.05) is 24.3 Å². The van der Waals surface area contributed by atoms with Gasteiger partial charge in [-0.05, 0) is 30.5 Å². The summed E-state index contributed by atoms with van der Waals surface area (Å²) in [5, 5.41) is 9.72. The van der Waals surface area contributed by atoms with E-state index in [-0.39, 0.29) is 5.92 Å². The smallest absolute Gasteiger partial charge is 0.335 e. The minimum atomic E-state index is -0.905. The standard InChI is InChI=1S/C22H20O5/c1-25-13-7-9-17-19(11-13)27-20-12-14(26-2)8-10-18(20)21(17)15-5-3-4-6-16(15)22(23)24/h5-12,21H,3-4H2,1-2H3,(H,23,24). The number of methoxy groups -OCH3 is 2. The number of carboxylic acid groups (broad SMARTS) is 1. The van der Waals surface area contributed by atoms with Crippen LogP contribution in [0.4, 0.5) is 0 Å². The number of hydrogen-bond donors (Lipinski definition) is 1. The van der Waals surface area contributed by atoms with Gasteiger partial charge in [0.1, 0.15) is 23.0 Å². The highest BCUT2D eigenvalue weighted by Crippen LogP contribution is 2.51. The number of carboxylic acids is 1. The summed E-state index contributed by atoms with van der Waals surface area (Å²) in [7, 11) is 3.21. The molecular formula is C22H20O5. The first kappa shape index (κ1) is 17.2. The molecule has 0 radical (unpaired) electrons. The molecule has 0 bridgehead atoms. The van der Waals surface area contributed by atoms with Crippen molar-refractivity contribution in [3.63, 3.8) is 0 Å². The summed E-state index contributed by atoms with van der Waals surface area (Å²) in [4.78, 5) is 11.9. The van der Waals surface area contributed by atoms with Crippen molar-refractivity contribution in [2.45, 2.75) is 18.8 Å². The molecule has 0 amide bonds. The molecule has 0 saturated carbocycles. The number of rotatable bonds is 4. The Morgan fingerprint density at radius 1 is 0.963 bits per heavy atom. The van der Waals surface area contributed by atoms with Gasteiger partial charge in [0.2, 0.25) is 0 Å². The van der Waals surface area contributed by atoms with E-state index < -0.39 is 5.97 Å². The third-order valence-electron chi connectivity index (χ3n) is 5.02. The minimum absolute atomic E-state index is 0.219. The molecule has 1 aliphatic carbocycles. The lowest BCUT2D eigenvalue weighted by Gasteiger charge is -2.31. The van der Waals surface area contributed by atoms with Crippen LogP contribution in [0.5, 0.6) is 23.0 Å². The van der Waals surface area contributed by atoms with E-state index in [1.807, 2.05) is 42.5 Å². The maximum Gasteiger partial charge on any atom is 0.335 e. The average Bonchev–Trinajstić information content (AvgIpc) is 2.71. The van der Waals surface area contributed by atoms with Crippen molar-refractivity contribution >= 4 is 5.97 Å². The first-order valence-corrected chi connectivity index (χ1v) is 8.80. The fourth-order valence-corrected chi connectivity index (χ4v) is 3.74. The van der Waals surface area contributed by atoms with E-state index in [4.69, 9.17) is 14.2 Å². The highest BCUT2D eigenvalue weighted by molar-refractivity contribution is 5.93. The molecule has 27 heavy (non-hydrogen) atoms. The molecule has 0 fully saturated rings. The monoisotopic (exact) mass is 364 g/mol. The highest BCUT2D eigenvalue weighted by Gasteiger charge is 2.34. The first-order chi connectivity index (χ1) is 13.1. The van der Waals surface area contributed by atoms with Crippen molar-refractivity contribution < 1.29 is 24.1 Å². The van der Waals surface area contributed by atoms with E-state index in [1.165, 1.54) is 0 Å². The molecular weight excluding hydrogens is 344 g/mol. The molecule has 2 aromatic rings. The molecule has 1 N–H and O–H groups in total. The van der Waals surface area contributed by atoms with Crippen LogP contribution in [0.2, 0.25) is 0 Å². The summed E-state index contributed by atoms with van der Waals surface area (Å²) in [5.41, 5.74) is 3.01. The SMILES string of the molecule is COc1ccc2c(c1)Oc1cc(OC)ccc1C2C1=CCCC=C1C(=O)O. The van der Waals surface area contributed by atoms with Gasteiger partial charge in [0, 0.05) is 29.2 Å². The van der Waals surface area contributed by atoms with Gasteiger partial charge < -0.3 is 19.3 Å². The van der Waals surface area contributed by atoms with Gasteiger partial charge in [0.25, 0.3) is 0 Å². The predicted molar refractivity (Wildman–Crippen MR) is 101 cm³/mol. The largest absolute Gasteiger partial charge is 0.497 e. The Balaban J connectivity index is 1.92. The Labute approximate surface area is 157 Å². The molecule has 0 aromatic heterocycles. The minimum Gasteiger partial charge on any atom is -0.497 e. The second-order valence-electron chi connectivity index (χ2n) is 6.50. The second-order valence-corrected chi connectivity index (χ2v) is 6.50. The van der Waals surface area contributed by atoms with Crippen molar-refractivity contribution in [3.05, 3.63) is 70.8 Å². The number of ether oxygens (including phenoxy) is 3. The molecule has 1 heterocycles. The maximum absolute atomic E-state index is 11.9. The lowest BCUT2D eigenvalue weighted by atomic mass is 9.77. The molecule has 138 valence electrons. The third-order valence-corrected chi connectivity index (χ3v) is 5.02. The van der Waals surface area contributed by atoms with Crippen LogP contribution >= 0.6 is 0 Å². The molecule has 0 unspecified atom stereocenters. The van der Waals surface area contributed by atoms with Gasteiger partial charge in [-0.2, -0.15) is 0 Å². The van der Waals surface area contributed by atoms with Crippen LogP contribution in [0.3, 0.4) is 0 Å². The first-order valence-electron chi connectivity index (χ1n) is 8.80. The maximum atomic E-state index is 11.9. The van der Waals surface area contributed by atoms with Gasteiger partial charge in [-0.3, -0.25) is 0 Å². The molecule has 4 rings (SSSR count). The molecule has 5 heteroatoms.